The third kappa shape index (κ3) is 3.33. The van der Waals surface area contributed by atoms with Crippen molar-refractivity contribution in [1.29, 1.82) is 0 Å². The first-order chi connectivity index (χ1) is 10.8. The summed E-state index contributed by atoms with van der Waals surface area (Å²) in [6.45, 7) is 10.6. The number of carbonyl (C=O) groups is 1. The summed E-state index contributed by atoms with van der Waals surface area (Å²) in [5.41, 5.74) is 0.535. The molecule has 1 aromatic rings. The highest BCUT2D eigenvalue weighted by Gasteiger charge is 2.51. The van der Waals surface area contributed by atoms with E-state index in [9.17, 15) is 4.79 Å². The topological polar surface area (TPSA) is 75.9 Å². The van der Waals surface area contributed by atoms with E-state index < -0.39 is 0 Å². The number of nitrogens with one attached hydrogen (secondary N) is 1. The van der Waals surface area contributed by atoms with E-state index in [2.05, 4.69) is 48.5 Å². The molecule has 1 aromatic heterocycles. The Labute approximate surface area is 137 Å². The van der Waals surface area contributed by atoms with Crippen LogP contribution in [0.4, 0.5) is 10.7 Å². The molecule has 2 bridgehead atoms. The predicted molar refractivity (Wildman–Crippen MR) is 88.0 cm³/mol. The number of amides is 2. The fourth-order valence-electron chi connectivity index (χ4n) is 4.62. The molecule has 1 saturated carbocycles. The number of aryl methyl sites for hydroxylation is 1. The molecule has 1 aliphatic carbocycles. The fraction of sp³-hybridized carbons (Fsp3) is 0.875. The first-order valence-corrected chi connectivity index (χ1v) is 8.66. The minimum atomic E-state index is -0.0658. The van der Waals surface area contributed by atoms with Crippen LogP contribution in [0, 0.1) is 10.8 Å². The number of anilines is 1. The molecule has 23 heavy (non-hydrogen) atoms. The van der Waals surface area contributed by atoms with Crippen LogP contribution in [0.3, 0.4) is 0 Å². The minimum absolute atomic E-state index is 0.0658. The van der Waals surface area contributed by atoms with Crippen molar-refractivity contribution in [2.75, 3.05) is 11.9 Å². The lowest BCUT2D eigenvalue weighted by Crippen LogP contribution is -2.40. The molecular weight excluding hydrogens is 292 g/mol. The van der Waals surface area contributed by atoms with Gasteiger partial charge < -0.3 is 4.90 Å². The van der Waals surface area contributed by atoms with Crippen molar-refractivity contribution in [2.24, 2.45) is 10.8 Å². The van der Waals surface area contributed by atoms with Crippen molar-refractivity contribution in [3.63, 3.8) is 0 Å². The van der Waals surface area contributed by atoms with Gasteiger partial charge in [0.2, 0.25) is 0 Å². The van der Waals surface area contributed by atoms with E-state index >= 15 is 0 Å². The molecule has 1 N–H and O–H groups in total. The van der Waals surface area contributed by atoms with Crippen molar-refractivity contribution in [3.8, 4) is 0 Å². The first-order valence-electron chi connectivity index (χ1n) is 8.66. The second kappa shape index (κ2) is 5.76. The number of unbranched alkanes of at least 4 members (excludes halogenated alkanes) is 1. The number of hydrogen-bond donors (Lipinski definition) is 1. The summed E-state index contributed by atoms with van der Waals surface area (Å²) >= 11 is 0. The molecule has 2 fully saturated rings. The van der Waals surface area contributed by atoms with Gasteiger partial charge in [0.25, 0.3) is 5.95 Å². The second-order valence-electron chi connectivity index (χ2n) is 8.35. The van der Waals surface area contributed by atoms with Gasteiger partial charge in [-0.2, -0.15) is 0 Å². The van der Waals surface area contributed by atoms with E-state index in [1.54, 1.807) is 4.68 Å². The summed E-state index contributed by atoms with van der Waals surface area (Å²) in [7, 11) is 0. The van der Waals surface area contributed by atoms with Crippen LogP contribution in [0.25, 0.3) is 0 Å². The molecule has 7 heteroatoms. The van der Waals surface area contributed by atoms with Crippen molar-refractivity contribution in [3.05, 3.63) is 0 Å². The highest BCUT2D eigenvalue weighted by molar-refractivity contribution is 5.88. The van der Waals surface area contributed by atoms with Gasteiger partial charge in [-0.1, -0.05) is 39.2 Å². The third-order valence-electron chi connectivity index (χ3n) is 5.15. The lowest BCUT2D eigenvalue weighted by Gasteiger charge is -2.39. The van der Waals surface area contributed by atoms with Crippen molar-refractivity contribution < 1.29 is 4.79 Å². The summed E-state index contributed by atoms with van der Waals surface area (Å²) < 4.78 is 1.68. The third-order valence-corrected chi connectivity index (χ3v) is 5.15. The minimum Gasteiger partial charge on any atom is -0.321 e. The number of tetrazole rings is 1. The summed E-state index contributed by atoms with van der Waals surface area (Å²) in [6.07, 6.45) is 5.40. The molecule has 0 spiro atoms. The molecule has 2 aliphatic rings. The predicted octanol–water partition coefficient (Wildman–Crippen LogP) is 2.91. The number of nitrogens with zero attached hydrogens (tertiary/aromatic N) is 5. The average molecular weight is 320 g/mol. The lowest BCUT2D eigenvalue weighted by atomic mass is 9.65. The number of rotatable bonds is 4. The highest BCUT2D eigenvalue weighted by Crippen LogP contribution is 2.52. The Balaban J connectivity index is 1.69. The zero-order valence-corrected chi connectivity index (χ0v) is 14.7. The van der Waals surface area contributed by atoms with Crippen LogP contribution in [0.1, 0.15) is 59.8 Å². The van der Waals surface area contributed by atoms with E-state index in [4.69, 9.17) is 0 Å². The van der Waals surface area contributed by atoms with E-state index in [0.29, 0.717) is 17.4 Å². The lowest BCUT2D eigenvalue weighted by molar-refractivity contribution is 0.130. The number of likely N-dealkylation sites (tertiary alicyclic amines) is 1. The fourth-order valence-corrected chi connectivity index (χ4v) is 4.62. The van der Waals surface area contributed by atoms with Gasteiger partial charge in [-0.05, 0) is 46.9 Å². The summed E-state index contributed by atoms with van der Waals surface area (Å²) in [5.74, 6) is 0.453. The van der Waals surface area contributed by atoms with E-state index in [1.807, 2.05) is 4.90 Å². The average Bonchev–Trinajstić information content (AvgIpc) is 2.97. The zero-order valence-electron chi connectivity index (χ0n) is 14.7. The maximum Gasteiger partial charge on any atom is 0.324 e. The van der Waals surface area contributed by atoms with Gasteiger partial charge in [0.1, 0.15) is 0 Å². The van der Waals surface area contributed by atoms with Gasteiger partial charge in [-0.3, -0.25) is 5.32 Å². The van der Waals surface area contributed by atoms with Crippen molar-refractivity contribution in [1.82, 2.24) is 25.1 Å². The number of hydrogen-bond acceptors (Lipinski definition) is 4. The van der Waals surface area contributed by atoms with Gasteiger partial charge in [-0.15, -0.1) is 0 Å². The van der Waals surface area contributed by atoms with Gasteiger partial charge in [-0.25, -0.2) is 9.48 Å². The quantitative estimate of drug-likeness (QED) is 0.925. The molecule has 0 aromatic carbocycles. The number of aromatic nitrogens is 4. The molecule has 0 radical (unpaired) electrons. The molecule has 0 unspecified atom stereocenters. The summed E-state index contributed by atoms with van der Waals surface area (Å²) in [4.78, 5) is 14.7. The second-order valence-corrected chi connectivity index (χ2v) is 8.35. The van der Waals surface area contributed by atoms with Crippen molar-refractivity contribution in [2.45, 2.75) is 72.4 Å². The Morgan fingerprint density at radius 1 is 1.35 bits per heavy atom. The molecule has 1 saturated heterocycles. The Hall–Kier alpha value is -1.66. The maximum atomic E-state index is 12.7. The molecule has 128 valence electrons. The Morgan fingerprint density at radius 2 is 2.13 bits per heavy atom. The van der Waals surface area contributed by atoms with E-state index in [1.165, 1.54) is 6.42 Å². The van der Waals surface area contributed by atoms with E-state index in [-0.39, 0.29) is 11.4 Å². The Kier molecular flexibility index (Phi) is 4.06. The van der Waals surface area contributed by atoms with Gasteiger partial charge >= 0.3 is 6.03 Å². The number of carbonyl (C=O) groups excluding carboxylic acids is 1. The molecule has 7 nitrogen and oxygen atoms in total. The summed E-state index contributed by atoms with van der Waals surface area (Å²) in [6, 6.07) is 0.257. The van der Waals surface area contributed by atoms with Crippen LogP contribution in [0.2, 0.25) is 0 Å². The van der Waals surface area contributed by atoms with Gasteiger partial charge in [0.05, 0.1) is 0 Å². The molecule has 1 aliphatic heterocycles. The normalized spacial score (nSPS) is 28.9. The highest BCUT2D eigenvalue weighted by atomic mass is 16.2. The monoisotopic (exact) mass is 320 g/mol. The first kappa shape index (κ1) is 16.2. The number of urea groups is 1. The molecule has 3 rings (SSSR count). The van der Waals surface area contributed by atoms with Crippen LogP contribution in [0.15, 0.2) is 0 Å². The molecule has 2 heterocycles. The Bertz CT molecular complexity index is 583. The maximum absolute atomic E-state index is 12.7. The largest absolute Gasteiger partial charge is 0.324 e. The van der Waals surface area contributed by atoms with Crippen LogP contribution in [-0.2, 0) is 6.54 Å². The molecule has 2 atom stereocenters. The van der Waals surface area contributed by atoms with Gasteiger partial charge in [0, 0.05) is 19.1 Å². The molecular formula is C16H28N6O. The van der Waals surface area contributed by atoms with Crippen LogP contribution in [0.5, 0.6) is 0 Å². The van der Waals surface area contributed by atoms with Gasteiger partial charge in [0.15, 0.2) is 0 Å². The Morgan fingerprint density at radius 3 is 2.87 bits per heavy atom. The van der Waals surface area contributed by atoms with Crippen molar-refractivity contribution >= 4 is 12.0 Å². The smallest absolute Gasteiger partial charge is 0.321 e. The van der Waals surface area contributed by atoms with E-state index in [0.717, 1.165) is 38.8 Å². The van der Waals surface area contributed by atoms with Crippen LogP contribution in [-0.4, -0.2) is 43.7 Å². The zero-order chi connectivity index (χ0) is 16.7. The standard InChI is InChI=1S/C16H28N6O/c1-5-6-7-22-13(18-19-20-22)17-14(23)21-11-16(4)9-12(21)8-15(2,3)10-16/h12H,5-11H2,1-4H3,(H,17,18,20,23)/t12-,16-/m1/s1. The summed E-state index contributed by atoms with van der Waals surface area (Å²) in [5, 5.41) is 14.5. The van der Waals surface area contributed by atoms with Crippen LogP contribution >= 0.6 is 0 Å². The van der Waals surface area contributed by atoms with Crippen LogP contribution < -0.4 is 5.32 Å². The SMILES string of the molecule is CCCCn1nnnc1NC(=O)N1C[C@]2(C)C[C@H]1CC(C)(C)C2. The number of fused-ring (bicyclic) bond motifs is 2. The molecule has 2 amide bonds.